The van der Waals surface area contributed by atoms with Gasteiger partial charge in [0, 0.05) is 12.8 Å². The lowest BCUT2D eigenvalue weighted by atomic mass is 9.91. The van der Waals surface area contributed by atoms with E-state index in [4.69, 9.17) is 14.2 Å². The number of para-hydroxylation sites is 2. The molecule has 8 heteroatoms. The van der Waals surface area contributed by atoms with Crippen molar-refractivity contribution in [1.82, 2.24) is 0 Å². The topological polar surface area (TPSA) is 102 Å². The van der Waals surface area contributed by atoms with Crippen molar-refractivity contribution in [3.63, 3.8) is 0 Å². The Morgan fingerprint density at radius 2 is 1.54 bits per heavy atom. The van der Waals surface area contributed by atoms with Crippen LogP contribution in [0.1, 0.15) is 24.5 Å². The maximum Gasteiger partial charge on any atom is 0.419 e. The van der Waals surface area contributed by atoms with E-state index in [-0.39, 0.29) is 26.1 Å². The smallest absolute Gasteiger partial charge is 0.419 e. The van der Waals surface area contributed by atoms with Crippen molar-refractivity contribution >= 4 is 29.2 Å². The Hall–Kier alpha value is -4.17. The number of esters is 1. The van der Waals surface area contributed by atoms with Crippen molar-refractivity contribution in [1.29, 1.82) is 0 Å². The monoisotopic (exact) mass is 503 g/mol. The van der Waals surface area contributed by atoms with Crippen LogP contribution >= 0.6 is 0 Å². The van der Waals surface area contributed by atoms with Crippen LogP contribution in [-0.4, -0.2) is 48.4 Å². The summed E-state index contributed by atoms with van der Waals surface area (Å²) in [6.07, 6.45) is -0.414. The van der Waals surface area contributed by atoms with Crippen LogP contribution < -0.4 is 9.64 Å². The molecule has 1 unspecified atom stereocenters. The zero-order chi connectivity index (χ0) is 26.3. The molecule has 4 rings (SSSR count). The Labute approximate surface area is 215 Å². The van der Waals surface area contributed by atoms with Gasteiger partial charge in [-0.2, -0.15) is 0 Å². The van der Waals surface area contributed by atoms with E-state index in [1.54, 1.807) is 73.7 Å². The van der Waals surface area contributed by atoms with E-state index >= 15 is 0 Å². The number of benzene rings is 3. The highest BCUT2D eigenvalue weighted by Gasteiger charge is 2.40. The molecule has 3 aromatic carbocycles. The molecule has 1 aliphatic carbocycles. The van der Waals surface area contributed by atoms with Gasteiger partial charge in [0.15, 0.2) is 18.0 Å². The van der Waals surface area contributed by atoms with E-state index in [0.29, 0.717) is 29.1 Å². The number of fused-ring (bicyclic) bond motifs is 1. The van der Waals surface area contributed by atoms with Crippen LogP contribution in [0.5, 0.6) is 5.75 Å². The van der Waals surface area contributed by atoms with Gasteiger partial charge in [0.25, 0.3) is 0 Å². The number of rotatable bonds is 8. The molecule has 0 saturated carbocycles. The number of hydrogen-bond donors (Lipinski definition) is 1. The predicted molar refractivity (Wildman–Crippen MR) is 137 cm³/mol. The van der Waals surface area contributed by atoms with E-state index in [2.05, 4.69) is 0 Å². The maximum atomic E-state index is 13.2. The molecule has 8 nitrogen and oxygen atoms in total. The van der Waals surface area contributed by atoms with Crippen molar-refractivity contribution in [3.8, 4) is 5.75 Å². The van der Waals surface area contributed by atoms with Crippen LogP contribution in [0.2, 0.25) is 0 Å². The van der Waals surface area contributed by atoms with E-state index in [1.165, 1.54) is 4.90 Å². The number of carbonyl (C=O) groups excluding carboxylic acids is 3. The zero-order valence-corrected chi connectivity index (χ0v) is 20.6. The minimum atomic E-state index is -1.90. The van der Waals surface area contributed by atoms with Gasteiger partial charge < -0.3 is 19.3 Å². The summed E-state index contributed by atoms with van der Waals surface area (Å²) in [5, 5.41) is 11.4. The van der Waals surface area contributed by atoms with Crippen LogP contribution in [0, 0.1) is 0 Å². The van der Waals surface area contributed by atoms with Crippen molar-refractivity contribution in [2.24, 2.45) is 0 Å². The summed E-state index contributed by atoms with van der Waals surface area (Å²) < 4.78 is 16.1. The largest absolute Gasteiger partial charge is 0.482 e. The van der Waals surface area contributed by atoms with Crippen LogP contribution in [0.3, 0.4) is 0 Å². The lowest BCUT2D eigenvalue weighted by Gasteiger charge is -2.28. The minimum absolute atomic E-state index is 0.0297. The van der Waals surface area contributed by atoms with Crippen LogP contribution in [0.25, 0.3) is 0 Å². The highest BCUT2D eigenvalue weighted by molar-refractivity contribution is 5.96. The summed E-state index contributed by atoms with van der Waals surface area (Å²) in [4.78, 5) is 39.4. The van der Waals surface area contributed by atoms with Gasteiger partial charge in [-0.15, -0.1) is 0 Å². The number of ketones is 1. The third kappa shape index (κ3) is 6.16. The molecule has 0 aliphatic heterocycles. The van der Waals surface area contributed by atoms with Gasteiger partial charge in [-0.05, 0) is 54.8 Å². The van der Waals surface area contributed by atoms with E-state index in [0.717, 1.165) is 5.56 Å². The fourth-order valence-electron chi connectivity index (χ4n) is 4.31. The first-order valence-electron chi connectivity index (χ1n) is 12.1. The number of Topliss-reactive ketones (excluding diaryl/α,β-unsaturated/α-hetero) is 1. The van der Waals surface area contributed by atoms with Crippen LogP contribution in [0.4, 0.5) is 16.2 Å². The zero-order valence-electron chi connectivity index (χ0n) is 20.6. The summed E-state index contributed by atoms with van der Waals surface area (Å²) in [7, 11) is 0. The average Bonchev–Trinajstić information content (AvgIpc) is 3.04. The Kier molecular flexibility index (Phi) is 8.20. The molecular formula is C29H29NO7. The van der Waals surface area contributed by atoms with Gasteiger partial charge in [-0.3, -0.25) is 4.79 Å². The highest BCUT2D eigenvalue weighted by Crippen LogP contribution is 2.33. The Bertz CT molecular complexity index is 1210. The number of ether oxygens (including phenoxy) is 3. The first-order valence-corrected chi connectivity index (χ1v) is 12.1. The summed E-state index contributed by atoms with van der Waals surface area (Å²) in [5.41, 5.74) is 0.698. The molecule has 1 N–H and O–H groups in total. The summed E-state index contributed by atoms with van der Waals surface area (Å²) in [6.45, 7) is 1.20. The molecule has 0 bridgehead atoms. The summed E-state index contributed by atoms with van der Waals surface area (Å²) >= 11 is 0. The predicted octanol–water partition coefficient (Wildman–Crippen LogP) is 4.39. The SMILES string of the molecule is CCOC(=O)COc1cccc2c1CCC(=O)C(O)(COC(=O)N(c1ccccc1)c1ccccc1)C2. The third-order valence-corrected chi connectivity index (χ3v) is 6.13. The molecule has 1 atom stereocenters. The van der Waals surface area contributed by atoms with Gasteiger partial charge in [0.1, 0.15) is 12.4 Å². The fourth-order valence-corrected chi connectivity index (χ4v) is 4.31. The Morgan fingerprint density at radius 1 is 0.892 bits per heavy atom. The molecule has 0 aromatic heterocycles. The number of amides is 1. The van der Waals surface area contributed by atoms with Gasteiger partial charge >= 0.3 is 12.1 Å². The van der Waals surface area contributed by atoms with Crippen molar-refractivity contribution in [3.05, 3.63) is 90.0 Å². The van der Waals surface area contributed by atoms with Gasteiger partial charge in [0.2, 0.25) is 0 Å². The quantitative estimate of drug-likeness (QED) is 0.359. The molecule has 37 heavy (non-hydrogen) atoms. The van der Waals surface area contributed by atoms with Gasteiger partial charge in [-0.25, -0.2) is 14.5 Å². The second-order valence-electron chi connectivity index (χ2n) is 8.68. The fraction of sp³-hybridized carbons (Fsp3) is 0.276. The second-order valence-corrected chi connectivity index (χ2v) is 8.68. The molecule has 1 amide bonds. The maximum absolute atomic E-state index is 13.2. The van der Waals surface area contributed by atoms with E-state index in [1.807, 2.05) is 12.1 Å². The number of hydrogen-bond acceptors (Lipinski definition) is 7. The summed E-state index contributed by atoms with van der Waals surface area (Å²) in [6, 6.07) is 23.2. The molecular weight excluding hydrogens is 474 g/mol. The normalized spacial score (nSPS) is 16.8. The van der Waals surface area contributed by atoms with Crippen molar-refractivity contribution in [2.75, 3.05) is 24.7 Å². The van der Waals surface area contributed by atoms with Crippen molar-refractivity contribution < 1.29 is 33.7 Å². The first kappa shape index (κ1) is 25.9. The molecule has 3 aromatic rings. The Morgan fingerprint density at radius 3 is 2.16 bits per heavy atom. The lowest BCUT2D eigenvalue weighted by Crippen LogP contribution is -2.46. The third-order valence-electron chi connectivity index (χ3n) is 6.13. The highest BCUT2D eigenvalue weighted by atomic mass is 16.6. The molecule has 192 valence electrons. The second kappa shape index (κ2) is 11.7. The minimum Gasteiger partial charge on any atom is -0.482 e. The lowest BCUT2D eigenvalue weighted by molar-refractivity contribution is -0.145. The van der Waals surface area contributed by atoms with Crippen LogP contribution in [0.15, 0.2) is 78.9 Å². The van der Waals surface area contributed by atoms with Crippen LogP contribution in [-0.2, 0) is 31.9 Å². The molecule has 1 aliphatic rings. The van der Waals surface area contributed by atoms with Gasteiger partial charge in [0.05, 0.1) is 18.0 Å². The first-order chi connectivity index (χ1) is 17.9. The molecule has 0 spiro atoms. The average molecular weight is 504 g/mol. The summed E-state index contributed by atoms with van der Waals surface area (Å²) in [5.74, 6) is -0.465. The number of anilines is 2. The number of aliphatic hydroxyl groups is 1. The van der Waals surface area contributed by atoms with E-state index < -0.39 is 30.1 Å². The molecule has 0 heterocycles. The number of carbonyl (C=O) groups is 3. The molecule has 0 fully saturated rings. The Balaban J connectivity index is 1.52. The molecule has 0 radical (unpaired) electrons. The van der Waals surface area contributed by atoms with E-state index in [9.17, 15) is 19.5 Å². The van der Waals surface area contributed by atoms with Gasteiger partial charge in [-0.1, -0.05) is 48.5 Å². The number of nitrogens with zero attached hydrogens (tertiary/aromatic N) is 1. The molecule has 0 saturated heterocycles. The standard InChI is InChI=1S/C29H29NO7/c1-2-35-27(32)19-36-25-15-9-10-21-18-29(34,26(31)17-16-24(21)25)20-37-28(33)30(22-11-5-3-6-12-22)23-13-7-4-8-14-23/h3-15,34H,2,16-20H2,1H3. The van der Waals surface area contributed by atoms with Crippen molar-refractivity contribution in [2.45, 2.75) is 31.8 Å².